The summed E-state index contributed by atoms with van der Waals surface area (Å²) in [7, 11) is 0. The number of hydrogen-bond donors (Lipinski definition) is 1. The van der Waals surface area contributed by atoms with Gasteiger partial charge in [0.1, 0.15) is 11.5 Å². The second-order valence-electron chi connectivity index (χ2n) is 9.11. The number of para-hydroxylation sites is 1. The number of aryl methyl sites for hydroxylation is 2. The van der Waals surface area contributed by atoms with E-state index in [0.717, 1.165) is 37.0 Å². The number of aliphatic hydroxyl groups excluding tert-OH is 1. The van der Waals surface area contributed by atoms with Crippen LogP contribution < -0.4 is 9.64 Å². The number of ketones is 1. The highest BCUT2D eigenvalue weighted by atomic mass is 16.5. The fourth-order valence-corrected chi connectivity index (χ4v) is 5.01. The molecule has 1 atom stereocenters. The normalized spacial score (nSPS) is 19.0. The molecule has 0 bridgehead atoms. The van der Waals surface area contributed by atoms with Crippen molar-refractivity contribution in [3.63, 3.8) is 0 Å². The first-order valence-corrected chi connectivity index (χ1v) is 12.3. The maximum absolute atomic E-state index is 13.4. The zero-order chi connectivity index (χ0) is 24.4. The first kappa shape index (κ1) is 22.9. The summed E-state index contributed by atoms with van der Waals surface area (Å²) in [5.41, 5.74) is 4.51. The van der Waals surface area contributed by atoms with Crippen LogP contribution >= 0.6 is 0 Å². The molecule has 5 heteroatoms. The van der Waals surface area contributed by atoms with Gasteiger partial charge in [0.25, 0.3) is 11.7 Å². The topological polar surface area (TPSA) is 66.8 Å². The van der Waals surface area contributed by atoms with E-state index >= 15 is 0 Å². The van der Waals surface area contributed by atoms with E-state index in [2.05, 4.69) is 0 Å². The fourth-order valence-electron chi connectivity index (χ4n) is 5.01. The van der Waals surface area contributed by atoms with Crippen molar-refractivity contribution in [2.75, 3.05) is 11.5 Å². The summed E-state index contributed by atoms with van der Waals surface area (Å²) in [5, 5.41) is 11.4. The number of aliphatic hydroxyl groups is 1. The molecule has 3 aromatic rings. The van der Waals surface area contributed by atoms with E-state index in [1.54, 1.807) is 12.1 Å². The lowest BCUT2D eigenvalue weighted by Gasteiger charge is -2.25. The first-order chi connectivity index (χ1) is 17.1. The van der Waals surface area contributed by atoms with Crippen LogP contribution in [0.1, 0.15) is 54.5 Å². The van der Waals surface area contributed by atoms with Crippen LogP contribution in [0.5, 0.6) is 5.75 Å². The molecule has 1 saturated heterocycles. The molecule has 1 N–H and O–H groups in total. The van der Waals surface area contributed by atoms with E-state index in [9.17, 15) is 14.7 Å². The molecule has 1 unspecified atom stereocenters. The van der Waals surface area contributed by atoms with Crippen molar-refractivity contribution in [2.24, 2.45) is 0 Å². The molecule has 1 fully saturated rings. The van der Waals surface area contributed by atoms with Crippen LogP contribution in [-0.2, 0) is 22.4 Å². The second-order valence-corrected chi connectivity index (χ2v) is 9.11. The molecule has 0 spiro atoms. The Morgan fingerprint density at radius 3 is 2.37 bits per heavy atom. The molecule has 0 saturated carbocycles. The Hall–Kier alpha value is -3.86. The Labute approximate surface area is 205 Å². The molecule has 178 valence electrons. The van der Waals surface area contributed by atoms with E-state index in [1.165, 1.54) is 22.4 Å². The van der Waals surface area contributed by atoms with Crippen molar-refractivity contribution in [1.82, 2.24) is 0 Å². The minimum Gasteiger partial charge on any atom is -0.507 e. The summed E-state index contributed by atoms with van der Waals surface area (Å²) >= 11 is 0. The van der Waals surface area contributed by atoms with Gasteiger partial charge in [0.05, 0.1) is 18.2 Å². The van der Waals surface area contributed by atoms with Crippen molar-refractivity contribution < 1.29 is 19.4 Å². The Morgan fingerprint density at radius 1 is 0.943 bits per heavy atom. The molecule has 1 amide bonds. The lowest BCUT2D eigenvalue weighted by atomic mass is 9.88. The molecular weight excluding hydrogens is 438 g/mol. The lowest BCUT2D eigenvalue weighted by molar-refractivity contribution is -0.132. The van der Waals surface area contributed by atoms with E-state index in [-0.39, 0.29) is 11.3 Å². The predicted octanol–water partition coefficient (Wildman–Crippen LogP) is 5.98. The van der Waals surface area contributed by atoms with Crippen LogP contribution in [0, 0.1) is 0 Å². The maximum Gasteiger partial charge on any atom is 0.300 e. The van der Waals surface area contributed by atoms with Crippen LogP contribution in [0.4, 0.5) is 5.69 Å². The highest BCUT2D eigenvalue weighted by Crippen LogP contribution is 2.42. The van der Waals surface area contributed by atoms with Gasteiger partial charge < -0.3 is 9.84 Å². The van der Waals surface area contributed by atoms with Crippen LogP contribution in [0.25, 0.3) is 5.76 Å². The van der Waals surface area contributed by atoms with Gasteiger partial charge in [-0.05, 0) is 79.1 Å². The summed E-state index contributed by atoms with van der Waals surface area (Å²) < 4.78 is 5.71. The monoisotopic (exact) mass is 467 g/mol. The first-order valence-electron chi connectivity index (χ1n) is 12.3. The van der Waals surface area contributed by atoms with Gasteiger partial charge in [-0.1, -0.05) is 49.4 Å². The maximum atomic E-state index is 13.4. The number of benzene rings is 3. The smallest absolute Gasteiger partial charge is 0.300 e. The Bertz CT molecular complexity index is 1280. The fraction of sp³-hybridized carbons (Fsp3) is 0.267. The van der Waals surface area contributed by atoms with Crippen LogP contribution in [0.3, 0.4) is 0 Å². The molecule has 5 rings (SSSR count). The molecule has 35 heavy (non-hydrogen) atoms. The van der Waals surface area contributed by atoms with Gasteiger partial charge in [-0.2, -0.15) is 0 Å². The van der Waals surface area contributed by atoms with Gasteiger partial charge in [-0.25, -0.2) is 0 Å². The van der Waals surface area contributed by atoms with Crippen molar-refractivity contribution in [3.05, 3.63) is 101 Å². The van der Waals surface area contributed by atoms with Gasteiger partial charge >= 0.3 is 0 Å². The largest absolute Gasteiger partial charge is 0.507 e. The quantitative estimate of drug-likeness (QED) is 0.275. The minimum absolute atomic E-state index is 0.108. The Morgan fingerprint density at radius 2 is 1.66 bits per heavy atom. The van der Waals surface area contributed by atoms with Gasteiger partial charge in [-0.3, -0.25) is 14.5 Å². The summed E-state index contributed by atoms with van der Waals surface area (Å²) in [4.78, 5) is 28.1. The van der Waals surface area contributed by atoms with Crippen LogP contribution in [0.2, 0.25) is 0 Å². The molecular formula is C30H29NO4. The SMILES string of the molecule is CCCOc1ccc(C2/C(=C(/O)c3ccc4c(c3)CCCC4)C(=O)C(=O)N2c2ccccc2)cc1. The standard InChI is InChI=1S/C30H29NO4/c1-2-18-35-25-16-14-21(15-17-25)27-26(29(33)30(34)31(27)24-10-4-3-5-11-24)28(32)23-13-12-20-8-6-7-9-22(20)19-23/h3-5,10-17,19,27,32H,2,6-9,18H2,1H3/b28-26-. The number of carbonyl (C=O) groups excluding carboxylic acids is 2. The molecule has 1 aliphatic carbocycles. The number of hydrogen-bond acceptors (Lipinski definition) is 4. The highest BCUT2D eigenvalue weighted by Gasteiger charge is 2.47. The van der Waals surface area contributed by atoms with E-state index in [4.69, 9.17) is 4.74 Å². The van der Waals surface area contributed by atoms with Crippen molar-refractivity contribution in [2.45, 2.75) is 45.1 Å². The molecule has 0 aromatic heterocycles. The summed E-state index contributed by atoms with van der Waals surface area (Å²) in [6.07, 6.45) is 5.16. The average Bonchev–Trinajstić information content (AvgIpc) is 3.17. The van der Waals surface area contributed by atoms with E-state index in [1.807, 2.05) is 67.6 Å². The Balaban J connectivity index is 1.63. The van der Waals surface area contributed by atoms with Crippen molar-refractivity contribution >= 4 is 23.1 Å². The van der Waals surface area contributed by atoms with Gasteiger partial charge in [0, 0.05) is 11.3 Å². The van der Waals surface area contributed by atoms with E-state index in [0.29, 0.717) is 17.9 Å². The summed E-state index contributed by atoms with van der Waals surface area (Å²) in [5.74, 6) is -0.735. The lowest BCUT2D eigenvalue weighted by Crippen LogP contribution is -2.29. The minimum atomic E-state index is -0.742. The molecule has 1 heterocycles. The number of nitrogens with zero attached hydrogens (tertiary/aromatic N) is 1. The second kappa shape index (κ2) is 9.79. The number of fused-ring (bicyclic) bond motifs is 1. The zero-order valence-corrected chi connectivity index (χ0v) is 19.9. The summed E-state index contributed by atoms with van der Waals surface area (Å²) in [6, 6.07) is 21.6. The number of ether oxygens (including phenoxy) is 1. The third-order valence-electron chi connectivity index (χ3n) is 6.77. The predicted molar refractivity (Wildman–Crippen MR) is 137 cm³/mol. The van der Waals surface area contributed by atoms with Gasteiger partial charge in [0.15, 0.2) is 0 Å². The van der Waals surface area contributed by atoms with Gasteiger partial charge in [-0.15, -0.1) is 0 Å². The molecule has 3 aromatic carbocycles. The highest BCUT2D eigenvalue weighted by molar-refractivity contribution is 6.51. The van der Waals surface area contributed by atoms with Crippen molar-refractivity contribution in [1.29, 1.82) is 0 Å². The third kappa shape index (κ3) is 4.34. The zero-order valence-electron chi connectivity index (χ0n) is 19.9. The number of carbonyl (C=O) groups is 2. The number of amides is 1. The van der Waals surface area contributed by atoms with E-state index < -0.39 is 17.7 Å². The summed E-state index contributed by atoms with van der Waals surface area (Å²) in [6.45, 7) is 2.66. The van der Waals surface area contributed by atoms with Crippen LogP contribution in [-0.4, -0.2) is 23.4 Å². The third-order valence-corrected chi connectivity index (χ3v) is 6.77. The van der Waals surface area contributed by atoms with Gasteiger partial charge in [0.2, 0.25) is 0 Å². The number of anilines is 1. The van der Waals surface area contributed by atoms with Crippen molar-refractivity contribution in [3.8, 4) is 5.75 Å². The average molecular weight is 468 g/mol. The van der Waals surface area contributed by atoms with Crippen LogP contribution in [0.15, 0.2) is 78.4 Å². The number of rotatable bonds is 6. The number of Topliss-reactive ketones (excluding diaryl/α,β-unsaturated/α-hetero) is 1. The Kier molecular flexibility index (Phi) is 6.41. The molecule has 5 nitrogen and oxygen atoms in total. The molecule has 2 aliphatic rings. The molecule has 0 radical (unpaired) electrons. The molecule has 1 aliphatic heterocycles.